The lowest BCUT2D eigenvalue weighted by molar-refractivity contribution is -0.183. The molecule has 1 aliphatic heterocycles. The van der Waals surface area contributed by atoms with Gasteiger partial charge in [-0.25, -0.2) is 0 Å². The SMILES string of the molecule is COc1ccc([C@@H](O)CCC2OCCCO2)cc1. The van der Waals surface area contributed by atoms with E-state index in [9.17, 15) is 5.11 Å². The van der Waals surface area contributed by atoms with E-state index in [4.69, 9.17) is 14.2 Å². The van der Waals surface area contributed by atoms with Gasteiger partial charge < -0.3 is 19.3 Å². The first-order valence-electron chi connectivity index (χ1n) is 6.35. The fourth-order valence-electron chi connectivity index (χ4n) is 1.99. The van der Waals surface area contributed by atoms with Crippen LogP contribution in [0.2, 0.25) is 0 Å². The van der Waals surface area contributed by atoms with Crippen molar-refractivity contribution < 1.29 is 19.3 Å². The van der Waals surface area contributed by atoms with Crippen molar-refractivity contribution in [2.75, 3.05) is 20.3 Å². The smallest absolute Gasteiger partial charge is 0.157 e. The molecule has 1 atom stereocenters. The van der Waals surface area contributed by atoms with E-state index in [-0.39, 0.29) is 6.29 Å². The van der Waals surface area contributed by atoms with E-state index in [0.29, 0.717) is 12.8 Å². The fourth-order valence-corrected chi connectivity index (χ4v) is 1.99. The number of aliphatic hydroxyl groups is 1. The van der Waals surface area contributed by atoms with Gasteiger partial charge in [-0.3, -0.25) is 0 Å². The zero-order valence-corrected chi connectivity index (χ0v) is 10.7. The Morgan fingerprint density at radius 3 is 2.56 bits per heavy atom. The summed E-state index contributed by atoms with van der Waals surface area (Å²) in [6, 6.07) is 7.47. The van der Waals surface area contributed by atoms with Crippen LogP contribution in [0.15, 0.2) is 24.3 Å². The Kier molecular flexibility index (Phi) is 4.99. The molecule has 4 heteroatoms. The topological polar surface area (TPSA) is 47.9 Å². The van der Waals surface area contributed by atoms with Gasteiger partial charge in [-0.05, 0) is 30.5 Å². The van der Waals surface area contributed by atoms with E-state index in [0.717, 1.165) is 30.9 Å². The zero-order valence-electron chi connectivity index (χ0n) is 10.7. The van der Waals surface area contributed by atoms with Crippen LogP contribution in [0, 0.1) is 0 Å². The third-order valence-electron chi connectivity index (χ3n) is 3.07. The third-order valence-corrected chi connectivity index (χ3v) is 3.07. The van der Waals surface area contributed by atoms with Crippen LogP contribution in [0.25, 0.3) is 0 Å². The first kappa shape index (κ1) is 13.3. The van der Waals surface area contributed by atoms with Crippen LogP contribution in [0.5, 0.6) is 5.75 Å². The lowest BCUT2D eigenvalue weighted by atomic mass is 10.0. The standard InChI is InChI=1S/C14H20O4/c1-16-12-5-3-11(4-6-12)13(15)7-8-14-17-9-2-10-18-14/h3-6,13-15H,2,7-10H2,1H3/t13-/m0/s1. The maximum Gasteiger partial charge on any atom is 0.157 e. The summed E-state index contributed by atoms with van der Waals surface area (Å²) in [7, 11) is 1.63. The van der Waals surface area contributed by atoms with Gasteiger partial charge in [0.25, 0.3) is 0 Å². The van der Waals surface area contributed by atoms with Gasteiger partial charge in [0.2, 0.25) is 0 Å². The highest BCUT2D eigenvalue weighted by Crippen LogP contribution is 2.23. The molecule has 100 valence electrons. The van der Waals surface area contributed by atoms with Crippen molar-refractivity contribution in [1.82, 2.24) is 0 Å². The molecule has 2 rings (SSSR count). The predicted molar refractivity (Wildman–Crippen MR) is 67.5 cm³/mol. The largest absolute Gasteiger partial charge is 0.497 e. The molecule has 1 fully saturated rings. The summed E-state index contributed by atoms with van der Waals surface area (Å²) in [5.74, 6) is 0.796. The molecule has 0 aromatic heterocycles. The maximum absolute atomic E-state index is 10.1. The fraction of sp³-hybridized carbons (Fsp3) is 0.571. The molecular weight excluding hydrogens is 232 g/mol. The van der Waals surface area contributed by atoms with Crippen LogP contribution in [0.4, 0.5) is 0 Å². The highest BCUT2D eigenvalue weighted by molar-refractivity contribution is 5.28. The van der Waals surface area contributed by atoms with Crippen LogP contribution in [0.3, 0.4) is 0 Å². The van der Waals surface area contributed by atoms with Crippen LogP contribution in [0.1, 0.15) is 30.9 Å². The molecule has 0 aliphatic carbocycles. The lowest BCUT2D eigenvalue weighted by Gasteiger charge is -2.24. The molecule has 4 nitrogen and oxygen atoms in total. The highest BCUT2D eigenvalue weighted by Gasteiger charge is 2.16. The minimum Gasteiger partial charge on any atom is -0.497 e. The molecule has 0 saturated carbocycles. The summed E-state index contributed by atoms with van der Waals surface area (Å²) in [6.45, 7) is 1.51. The van der Waals surface area contributed by atoms with Crippen LogP contribution < -0.4 is 4.74 Å². The highest BCUT2D eigenvalue weighted by atomic mass is 16.7. The maximum atomic E-state index is 10.1. The molecule has 0 radical (unpaired) electrons. The van der Waals surface area contributed by atoms with E-state index < -0.39 is 6.10 Å². The molecule has 0 bridgehead atoms. The summed E-state index contributed by atoms with van der Waals surface area (Å²) in [4.78, 5) is 0. The molecule has 0 amide bonds. The Hall–Kier alpha value is -1.10. The Bertz CT molecular complexity index is 343. The van der Waals surface area contributed by atoms with Crippen molar-refractivity contribution in [3.63, 3.8) is 0 Å². The molecule has 1 aliphatic rings. The summed E-state index contributed by atoms with van der Waals surface area (Å²) in [5.41, 5.74) is 0.895. The Balaban J connectivity index is 1.80. The Morgan fingerprint density at radius 1 is 1.28 bits per heavy atom. The molecule has 1 aromatic rings. The molecule has 1 saturated heterocycles. The zero-order chi connectivity index (χ0) is 12.8. The number of hydrogen-bond donors (Lipinski definition) is 1. The molecular formula is C14H20O4. The van der Waals surface area contributed by atoms with Gasteiger partial charge in [0.15, 0.2) is 6.29 Å². The number of methoxy groups -OCH3 is 1. The van der Waals surface area contributed by atoms with Crippen LogP contribution >= 0.6 is 0 Å². The summed E-state index contributed by atoms with van der Waals surface area (Å²) in [5, 5.41) is 10.1. The quantitative estimate of drug-likeness (QED) is 0.873. The van der Waals surface area contributed by atoms with Gasteiger partial charge in [-0.2, -0.15) is 0 Å². The Morgan fingerprint density at radius 2 is 1.94 bits per heavy atom. The normalized spacial score (nSPS) is 18.6. The van der Waals surface area contributed by atoms with Gasteiger partial charge >= 0.3 is 0 Å². The average molecular weight is 252 g/mol. The lowest BCUT2D eigenvalue weighted by Crippen LogP contribution is -2.25. The number of hydrogen-bond acceptors (Lipinski definition) is 4. The predicted octanol–water partition coefficient (Wildman–Crippen LogP) is 2.27. The molecule has 1 aromatic carbocycles. The molecule has 0 unspecified atom stereocenters. The average Bonchev–Trinajstić information content (AvgIpc) is 2.46. The first-order valence-corrected chi connectivity index (χ1v) is 6.35. The van der Waals surface area contributed by atoms with Gasteiger partial charge in [0, 0.05) is 6.42 Å². The minimum atomic E-state index is -0.481. The Labute approximate surface area is 107 Å². The summed E-state index contributed by atoms with van der Waals surface area (Å²) >= 11 is 0. The number of rotatable bonds is 5. The van der Waals surface area contributed by atoms with E-state index >= 15 is 0 Å². The van der Waals surface area contributed by atoms with Crippen LogP contribution in [-0.2, 0) is 9.47 Å². The van der Waals surface area contributed by atoms with Gasteiger partial charge in [-0.15, -0.1) is 0 Å². The molecule has 1 N–H and O–H groups in total. The monoisotopic (exact) mass is 252 g/mol. The number of benzene rings is 1. The van der Waals surface area contributed by atoms with E-state index in [1.807, 2.05) is 24.3 Å². The molecule has 1 heterocycles. The van der Waals surface area contributed by atoms with Crippen LogP contribution in [-0.4, -0.2) is 31.7 Å². The first-order chi connectivity index (χ1) is 8.79. The second-order valence-corrected chi connectivity index (χ2v) is 4.39. The van der Waals surface area contributed by atoms with Crippen molar-refractivity contribution in [1.29, 1.82) is 0 Å². The third kappa shape index (κ3) is 3.70. The number of ether oxygens (including phenoxy) is 3. The summed E-state index contributed by atoms with van der Waals surface area (Å²) < 4.78 is 16.0. The van der Waals surface area contributed by atoms with Crippen molar-refractivity contribution in [2.24, 2.45) is 0 Å². The van der Waals surface area contributed by atoms with E-state index in [2.05, 4.69) is 0 Å². The van der Waals surface area contributed by atoms with Crippen molar-refractivity contribution in [3.8, 4) is 5.75 Å². The van der Waals surface area contributed by atoms with Gasteiger partial charge in [0.05, 0.1) is 26.4 Å². The van der Waals surface area contributed by atoms with E-state index in [1.165, 1.54) is 0 Å². The minimum absolute atomic E-state index is 0.161. The van der Waals surface area contributed by atoms with Crippen molar-refractivity contribution >= 4 is 0 Å². The van der Waals surface area contributed by atoms with Gasteiger partial charge in [-0.1, -0.05) is 12.1 Å². The molecule has 0 spiro atoms. The number of aliphatic hydroxyl groups excluding tert-OH is 1. The van der Waals surface area contributed by atoms with Gasteiger partial charge in [0.1, 0.15) is 5.75 Å². The second-order valence-electron chi connectivity index (χ2n) is 4.39. The second kappa shape index (κ2) is 6.73. The van der Waals surface area contributed by atoms with Crippen molar-refractivity contribution in [3.05, 3.63) is 29.8 Å². The van der Waals surface area contributed by atoms with E-state index in [1.54, 1.807) is 7.11 Å². The van der Waals surface area contributed by atoms with Crippen molar-refractivity contribution in [2.45, 2.75) is 31.7 Å². The summed E-state index contributed by atoms with van der Waals surface area (Å²) in [6.07, 6.45) is 1.67. The molecule has 18 heavy (non-hydrogen) atoms.